The zero-order valence-electron chi connectivity index (χ0n) is 19.4. The maximum atomic E-state index is 11.9. The Kier molecular flexibility index (Phi) is 9.90. The van der Waals surface area contributed by atoms with E-state index in [1.165, 1.54) is 0 Å². The van der Waals surface area contributed by atoms with Crippen LogP contribution in [0.2, 0.25) is 0 Å². The molecule has 1 aromatic carbocycles. The third-order valence-corrected chi connectivity index (χ3v) is 5.53. The van der Waals surface area contributed by atoms with Crippen LogP contribution in [0.15, 0.2) is 29.3 Å². The average Bonchev–Trinajstić information content (AvgIpc) is 2.83. The van der Waals surface area contributed by atoms with Crippen LogP contribution < -0.4 is 10.1 Å². The summed E-state index contributed by atoms with van der Waals surface area (Å²) in [7, 11) is 0. The van der Waals surface area contributed by atoms with Crippen molar-refractivity contribution in [3.63, 3.8) is 0 Å². The fourth-order valence-corrected chi connectivity index (χ4v) is 3.76. The Hall–Kier alpha value is -2.52. The summed E-state index contributed by atoms with van der Waals surface area (Å²) < 4.78 is 16.5. The zero-order chi connectivity index (χ0) is 22.6. The lowest BCUT2D eigenvalue weighted by molar-refractivity contribution is 0.0322. The monoisotopic (exact) mass is 447 g/mol. The molecule has 0 spiro atoms. The molecule has 2 saturated heterocycles. The lowest BCUT2D eigenvalue weighted by Crippen LogP contribution is -2.53. The number of morpholine rings is 1. The van der Waals surface area contributed by atoms with Gasteiger partial charge in [-0.15, -0.1) is 0 Å². The molecule has 0 radical (unpaired) electrons. The van der Waals surface area contributed by atoms with E-state index in [9.17, 15) is 4.79 Å². The first-order valence-corrected chi connectivity index (χ1v) is 11.7. The van der Waals surface area contributed by atoms with E-state index in [2.05, 4.69) is 34.2 Å². The molecule has 0 atom stereocenters. The van der Waals surface area contributed by atoms with E-state index in [0.29, 0.717) is 32.8 Å². The predicted molar refractivity (Wildman–Crippen MR) is 124 cm³/mol. The summed E-state index contributed by atoms with van der Waals surface area (Å²) in [5.41, 5.74) is 1.11. The van der Waals surface area contributed by atoms with E-state index in [1.807, 2.05) is 19.1 Å². The standard InChI is InChI=1S/C23H37N5O4/c1-3-24-22(27-8-10-28(11-9-27)23(29)31-4-2)25-19-20-6-5-7-21(18-20)32-17-14-26-12-15-30-16-13-26/h5-7,18H,3-4,8-17,19H2,1-2H3,(H,24,25). The number of ether oxygens (including phenoxy) is 3. The van der Waals surface area contributed by atoms with Crippen LogP contribution in [0.1, 0.15) is 19.4 Å². The molecule has 1 aromatic rings. The van der Waals surface area contributed by atoms with Crippen molar-refractivity contribution >= 4 is 12.1 Å². The molecular weight excluding hydrogens is 410 g/mol. The van der Waals surface area contributed by atoms with Crippen LogP contribution in [-0.2, 0) is 16.0 Å². The highest BCUT2D eigenvalue weighted by Crippen LogP contribution is 2.15. The summed E-state index contributed by atoms with van der Waals surface area (Å²) in [5, 5.41) is 3.37. The van der Waals surface area contributed by atoms with Crippen molar-refractivity contribution in [3.8, 4) is 5.75 Å². The van der Waals surface area contributed by atoms with E-state index in [4.69, 9.17) is 19.2 Å². The Bertz CT molecular complexity index is 731. The van der Waals surface area contributed by atoms with E-state index in [1.54, 1.807) is 4.90 Å². The van der Waals surface area contributed by atoms with Gasteiger partial charge in [0.05, 0.1) is 26.4 Å². The van der Waals surface area contributed by atoms with E-state index < -0.39 is 0 Å². The highest BCUT2D eigenvalue weighted by molar-refractivity contribution is 5.80. The van der Waals surface area contributed by atoms with E-state index in [-0.39, 0.29) is 6.09 Å². The Morgan fingerprint density at radius 2 is 1.84 bits per heavy atom. The van der Waals surface area contributed by atoms with E-state index in [0.717, 1.165) is 69.8 Å². The number of aliphatic imine (C=N–C) groups is 1. The molecule has 0 unspecified atom stereocenters. The molecule has 0 saturated carbocycles. The van der Waals surface area contributed by atoms with Crippen LogP contribution in [-0.4, -0.2) is 106 Å². The third kappa shape index (κ3) is 7.56. The number of carbonyl (C=O) groups is 1. The zero-order valence-corrected chi connectivity index (χ0v) is 19.4. The molecule has 2 aliphatic rings. The van der Waals surface area contributed by atoms with Crippen molar-refractivity contribution in [2.24, 2.45) is 4.99 Å². The van der Waals surface area contributed by atoms with Crippen molar-refractivity contribution in [3.05, 3.63) is 29.8 Å². The fraction of sp³-hybridized carbons (Fsp3) is 0.652. The molecule has 178 valence electrons. The molecule has 0 aromatic heterocycles. The van der Waals surface area contributed by atoms with Crippen LogP contribution in [0.5, 0.6) is 5.75 Å². The number of benzene rings is 1. The Morgan fingerprint density at radius 3 is 2.56 bits per heavy atom. The number of nitrogens with one attached hydrogen (secondary N) is 1. The van der Waals surface area contributed by atoms with Gasteiger partial charge in [-0.2, -0.15) is 0 Å². The minimum Gasteiger partial charge on any atom is -0.492 e. The van der Waals surface area contributed by atoms with Gasteiger partial charge in [-0.1, -0.05) is 12.1 Å². The fourth-order valence-electron chi connectivity index (χ4n) is 3.76. The van der Waals surface area contributed by atoms with Crippen molar-refractivity contribution in [1.29, 1.82) is 0 Å². The van der Waals surface area contributed by atoms with Gasteiger partial charge < -0.3 is 29.3 Å². The van der Waals surface area contributed by atoms with Crippen molar-refractivity contribution in [2.45, 2.75) is 20.4 Å². The van der Waals surface area contributed by atoms with Gasteiger partial charge in [0.2, 0.25) is 0 Å². The first-order chi connectivity index (χ1) is 15.7. The topological polar surface area (TPSA) is 78.9 Å². The summed E-state index contributed by atoms with van der Waals surface area (Å²) >= 11 is 0. The number of hydrogen-bond donors (Lipinski definition) is 1. The van der Waals surface area contributed by atoms with Crippen molar-refractivity contribution in [1.82, 2.24) is 20.0 Å². The number of piperazine rings is 1. The SMILES string of the molecule is CCNC(=NCc1cccc(OCCN2CCOCC2)c1)N1CCN(C(=O)OCC)CC1. The Morgan fingerprint density at radius 1 is 1.09 bits per heavy atom. The second kappa shape index (κ2) is 13.1. The molecule has 2 fully saturated rings. The summed E-state index contributed by atoms with van der Waals surface area (Å²) in [5.74, 6) is 1.74. The lowest BCUT2D eigenvalue weighted by Gasteiger charge is -2.35. The van der Waals surface area contributed by atoms with Gasteiger partial charge in [-0.3, -0.25) is 4.90 Å². The van der Waals surface area contributed by atoms with E-state index >= 15 is 0 Å². The number of carbonyl (C=O) groups excluding carboxylic acids is 1. The van der Waals surface area contributed by atoms with Crippen LogP contribution in [0.3, 0.4) is 0 Å². The summed E-state index contributed by atoms with van der Waals surface area (Å²) in [4.78, 5) is 23.1. The Balaban J connectivity index is 1.50. The summed E-state index contributed by atoms with van der Waals surface area (Å²) in [6, 6.07) is 8.14. The number of hydrogen-bond acceptors (Lipinski definition) is 6. The molecule has 0 bridgehead atoms. The molecule has 32 heavy (non-hydrogen) atoms. The van der Waals surface area contributed by atoms with Crippen molar-refractivity contribution < 1.29 is 19.0 Å². The molecule has 9 nitrogen and oxygen atoms in total. The maximum Gasteiger partial charge on any atom is 0.409 e. The largest absolute Gasteiger partial charge is 0.492 e. The molecule has 2 aliphatic heterocycles. The maximum absolute atomic E-state index is 11.9. The third-order valence-electron chi connectivity index (χ3n) is 5.53. The number of guanidine groups is 1. The second-order valence-corrected chi connectivity index (χ2v) is 7.79. The second-order valence-electron chi connectivity index (χ2n) is 7.79. The van der Waals surface area contributed by atoms with Crippen LogP contribution in [0.25, 0.3) is 0 Å². The van der Waals surface area contributed by atoms with Gasteiger partial charge >= 0.3 is 6.09 Å². The molecular formula is C23H37N5O4. The number of rotatable bonds is 8. The molecule has 3 rings (SSSR count). The van der Waals surface area contributed by atoms with Crippen molar-refractivity contribution in [2.75, 3.05) is 78.8 Å². The van der Waals surface area contributed by atoms with Gasteiger partial charge in [0.1, 0.15) is 12.4 Å². The van der Waals surface area contributed by atoms with Gasteiger partial charge in [-0.25, -0.2) is 9.79 Å². The average molecular weight is 448 g/mol. The minimum absolute atomic E-state index is 0.237. The molecule has 2 heterocycles. The molecule has 1 N–H and O–H groups in total. The molecule has 9 heteroatoms. The highest BCUT2D eigenvalue weighted by atomic mass is 16.6. The van der Waals surface area contributed by atoms with Crippen LogP contribution in [0.4, 0.5) is 4.79 Å². The number of amides is 1. The minimum atomic E-state index is -0.237. The van der Waals surface area contributed by atoms with Gasteiger partial charge in [0, 0.05) is 52.4 Å². The van der Waals surface area contributed by atoms with Crippen LogP contribution >= 0.6 is 0 Å². The summed E-state index contributed by atoms with van der Waals surface area (Å²) in [6.07, 6.45) is -0.237. The normalized spacial score (nSPS) is 17.9. The summed E-state index contributed by atoms with van der Waals surface area (Å²) in [6.45, 7) is 13.5. The smallest absolute Gasteiger partial charge is 0.409 e. The highest BCUT2D eigenvalue weighted by Gasteiger charge is 2.23. The molecule has 0 aliphatic carbocycles. The van der Waals surface area contributed by atoms with Crippen LogP contribution in [0, 0.1) is 0 Å². The number of nitrogens with zero attached hydrogens (tertiary/aromatic N) is 4. The first kappa shape index (κ1) is 24.1. The predicted octanol–water partition coefficient (Wildman–Crippen LogP) is 1.64. The quantitative estimate of drug-likeness (QED) is 0.479. The van der Waals surface area contributed by atoms with Gasteiger partial charge in [0.25, 0.3) is 0 Å². The van der Waals surface area contributed by atoms with Gasteiger partial charge in [0.15, 0.2) is 5.96 Å². The molecule has 1 amide bonds. The first-order valence-electron chi connectivity index (χ1n) is 11.7. The van der Waals surface area contributed by atoms with Gasteiger partial charge in [-0.05, 0) is 31.5 Å². The Labute approximate surface area is 191 Å². The lowest BCUT2D eigenvalue weighted by atomic mass is 10.2.